The van der Waals surface area contributed by atoms with Gasteiger partial charge in [-0.15, -0.1) is 0 Å². The number of methoxy groups -OCH3 is 1. The zero-order chi connectivity index (χ0) is 20.1. The average Bonchev–Trinajstić information content (AvgIpc) is 3.29. The summed E-state index contributed by atoms with van der Waals surface area (Å²) in [6.07, 6.45) is 5.76. The molecule has 0 saturated heterocycles. The molecule has 1 N–H and O–H groups in total. The summed E-state index contributed by atoms with van der Waals surface area (Å²) in [7, 11) is 1.57. The molecule has 146 valence electrons. The van der Waals surface area contributed by atoms with E-state index in [1.165, 1.54) is 10.8 Å². The van der Waals surface area contributed by atoms with Crippen molar-refractivity contribution >= 4 is 17.5 Å². The van der Waals surface area contributed by atoms with E-state index in [4.69, 9.17) is 4.74 Å². The number of aromatic nitrogens is 4. The summed E-state index contributed by atoms with van der Waals surface area (Å²) in [5.41, 5.74) is 1.37. The summed E-state index contributed by atoms with van der Waals surface area (Å²) in [5, 5.41) is 7.16. The summed E-state index contributed by atoms with van der Waals surface area (Å²) < 4.78 is 8.42. The molecule has 3 aromatic rings. The van der Waals surface area contributed by atoms with Gasteiger partial charge in [-0.05, 0) is 37.6 Å². The highest BCUT2D eigenvalue weighted by molar-refractivity contribution is 6.07. The molecular formula is C20H23N5O3. The summed E-state index contributed by atoms with van der Waals surface area (Å²) in [6.45, 7) is 4.64. The minimum absolute atomic E-state index is 0.0199. The van der Waals surface area contributed by atoms with Gasteiger partial charge in [0.05, 0.1) is 13.3 Å². The molecule has 0 aliphatic carbocycles. The molecule has 0 bridgehead atoms. The minimum Gasteiger partial charge on any atom is -0.497 e. The van der Waals surface area contributed by atoms with Crippen LogP contribution in [0.4, 0.5) is 5.82 Å². The number of benzene rings is 1. The third kappa shape index (κ3) is 4.11. The second-order valence-corrected chi connectivity index (χ2v) is 6.38. The molecule has 3 rings (SSSR count). The molecule has 0 aliphatic heterocycles. The van der Waals surface area contributed by atoms with Crippen molar-refractivity contribution in [3.05, 3.63) is 59.8 Å². The van der Waals surface area contributed by atoms with E-state index in [0.717, 1.165) is 18.5 Å². The average molecular weight is 381 g/mol. The van der Waals surface area contributed by atoms with E-state index in [1.807, 2.05) is 13.8 Å². The van der Waals surface area contributed by atoms with Crippen LogP contribution in [-0.4, -0.2) is 38.1 Å². The molecule has 0 fully saturated rings. The number of carbonyl (C=O) groups is 2. The number of rotatable bonds is 8. The predicted molar refractivity (Wildman–Crippen MR) is 105 cm³/mol. The lowest BCUT2D eigenvalue weighted by molar-refractivity contribution is -0.116. The molecule has 1 amide bonds. The van der Waals surface area contributed by atoms with Gasteiger partial charge in [0.25, 0.3) is 0 Å². The first-order valence-electron chi connectivity index (χ1n) is 9.05. The Morgan fingerprint density at radius 3 is 2.64 bits per heavy atom. The Labute approximate surface area is 163 Å². The first kappa shape index (κ1) is 19.3. The number of carbonyl (C=O) groups excluding carboxylic acids is 2. The summed E-state index contributed by atoms with van der Waals surface area (Å²) in [6, 6.07) is 6.77. The minimum atomic E-state index is -0.257. The van der Waals surface area contributed by atoms with E-state index in [9.17, 15) is 9.59 Å². The van der Waals surface area contributed by atoms with Crippen LogP contribution in [0.3, 0.4) is 0 Å². The SMILES string of the molecule is CCCn1ncc(C)c1NC(=O)Cn1ccnc1C(=O)c1ccc(OC)cc1. The summed E-state index contributed by atoms with van der Waals surface area (Å²) >= 11 is 0. The predicted octanol–water partition coefficient (Wildman–Crippen LogP) is 2.68. The van der Waals surface area contributed by atoms with Crippen molar-refractivity contribution in [1.29, 1.82) is 0 Å². The van der Waals surface area contributed by atoms with Crippen molar-refractivity contribution in [2.75, 3.05) is 12.4 Å². The fourth-order valence-corrected chi connectivity index (χ4v) is 2.87. The van der Waals surface area contributed by atoms with Crippen LogP contribution in [0, 0.1) is 6.92 Å². The zero-order valence-corrected chi connectivity index (χ0v) is 16.2. The number of ether oxygens (including phenoxy) is 1. The lowest BCUT2D eigenvalue weighted by Crippen LogP contribution is -2.23. The van der Waals surface area contributed by atoms with Crippen LogP contribution in [0.1, 0.15) is 35.1 Å². The number of hydrogen-bond donors (Lipinski definition) is 1. The molecule has 0 radical (unpaired) electrons. The van der Waals surface area contributed by atoms with Crippen LogP contribution in [-0.2, 0) is 17.9 Å². The van der Waals surface area contributed by atoms with Crippen LogP contribution in [0.15, 0.2) is 42.9 Å². The Balaban J connectivity index is 1.74. The number of hydrogen-bond acceptors (Lipinski definition) is 5. The van der Waals surface area contributed by atoms with Gasteiger partial charge in [-0.1, -0.05) is 6.92 Å². The smallest absolute Gasteiger partial charge is 0.245 e. The van der Waals surface area contributed by atoms with Gasteiger partial charge in [0.2, 0.25) is 11.7 Å². The van der Waals surface area contributed by atoms with Crippen molar-refractivity contribution in [2.24, 2.45) is 0 Å². The Kier molecular flexibility index (Phi) is 5.88. The third-order valence-corrected chi connectivity index (χ3v) is 4.30. The fourth-order valence-electron chi connectivity index (χ4n) is 2.87. The van der Waals surface area contributed by atoms with Gasteiger partial charge in [0.1, 0.15) is 18.1 Å². The Morgan fingerprint density at radius 2 is 1.96 bits per heavy atom. The third-order valence-electron chi connectivity index (χ3n) is 4.30. The van der Waals surface area contributed by atoms with Crippen LogP contribution >= 0.6 is 0 Å². The van der Waals surface area contributed by atoms with Crippen molar-refractivity contribution in [3.8, 4) is 5.75 Å². The quantitative estimate of drug-likeness (QED) is 0.606. The fraction of sp³-hybridized carbons (Fsp3) is 0.300. The molecule has 0 atom stereocenters. The van der Waals surface area contributed by atoms with Gasteiger partial charge in [0, 0.05) is 30.1 Å². The largest absolute Gasteiger partial charge is 0.497 e. The number of aryl methyl sites for hydroxylation is 2. The molecule has 0 spiro atoms. The maximum atomic E-state index is 12.7. The zero-order valence-electron chi connectivity index (χ0n) is 16.2. The standard InChI is InChI=1S/C20H23N5O3/c1-4-10-25-19(14(2)12-22-25)23-17(26)13-24-11-9-21-20(24)18(27)15-5-7-16(28-3)8-6-15/h5-9,11-12H,4,10,13H2,1-3H3,(H,23,26). The molecule has 0 unspecified atom stereocenters. The van der Waals surface area contributed by atoms with Gasteiger partial charge in [-0.2, -0.15) is 5.10 Å². The van der Waals surface area contributed by atoms with Crippen molar-refractivity contribution in [2.45, 2.75) is 33.4 Å². The van der Waals surface area contributed by atoms with E-state index < -0.39 is 0 Å². The number of nitrogens with one attached hydrogen (secondary N) is 1. The van der Waals surface area contributed by atoms with Gasteiger partial charge >= 0.3 is 0 Å². The first-order valence-corrected chi connectivity index (χ1v) is 9.05. The van der Waals surface area contributed by atoms with Crippen LogP contribution in [0.5, 0.6) is 5.75 Å². The van der Waals surface area contributed by atoms with E-state index in [0.29, 0.717) is 17.1 Å². The first-order chi connectivity index (χ1) is 13.5. The molecule has 8 nitrogen and oxygen atoms in total. The monoisotopic (exact) mass is 381 g/mol. The Morgan fingerprint density at radius 1 is 1.21 bits per heavy atom. The van der Waals surface area contributed by atoms with E-state index in [2.05, 4.69) is 15.4 Å². The highest BCUT2D eigenvalue weighted by Gasteiger charge is 2.18. The molecule has 0 saturated carbocycles. The molecule has 0 aliphatic rings. The number of ketones is 1. The topological polar surface area (TPSA) is 91.0 Å². The second-order valence-electron chi connectivity index (χ2n) is 6.38. The lowest BCUT2D eigenvalue weighted by Gasteiger charge is -2.11. The molecule has 28 heavy (non-hydrogen) atoms. The summed E-state index contributed by atoms with van der Waals surface area (Å²) in [4.78, 5) is 29.4. The van der Waals surface area contributed by atoms with Gasteiger partial charge < -0.3 is 14.6 Å². The number of nitrogens with zero attached hydrogens (tertiary/aromatic N) is 4. The van der Waals surface area contributed by atoms with E-state index in [-0.39, 0.29) is 24.1 Å². The number of amides is 1. The number of anilines is 1. The van der Waals surface area contributed by atoms with Crippen molar-refractivity contribution in [3.63, 3.8) is 0 Å². The molecule has 2 heterocycles. The van der Waals surface area contributed by atoms with Crippen LogP contribution in [0.2, 0.25) is 0 Å². The van der Waals surface area contributed by atoms with Gasteiger partial charge in [0.15, 0.2) is 5.82 Å². The van der Waals surface area contributed by atoms with Crippen molar-refractivity contribution in [1.82, 2.24) is 19.3 Å². The molecule has 8 heteroatoms. The summed E-state index contributed by atoms with van der Waals surface area (Å²) in [5.74, 6) is 1.04. The lowest BCUT2D eigenvalue weighted by atomic mass is 10.1. The van der Waals surface area contributed by atoms with E-state index in [1.54, 1.807) is 48.5 Å². The van der Waals surface area contributed by atoms with Gasteiger partial charge in [-0.3, -0.25) is 9.59 Å². The highest BCUT2D eigenvalue weighted by Crippen LogP contribution is 2.16. The highest BCUT2D eigenvalue weighted by atomic mass is 16.5. The van der Waals surface area contributed by atoms with Crippen LogP contribution < -0.4 is 10.1 Å². The molecule has 2 aromatic heterocycles. The maximum Gasteiger partial charge on any atom is 0.245 e. The van der Waals surface area contributed by atoms with E-state index >= 15 is 0 Å². The Hall–Kier alpha value is -3.42. The molecular weight excluding hydrogens is 358 g/mol. The van der Waals surface area contributed by atoms with Crippen LogP contribution in [0.25, 0.3) is 0 Å². The second kappa shape index (κ2) is 8.51. The van der Waals surface area contributed by atoms with Crippen molar-refractivity contribution < 1.29 is 14.3 Å². The molecule has 1 aromatic carbocycles. The normalized spacial score (nSPS) is 10.7. The van der Waals surface area contributed by atoms with Gasteiger partial charge in [-0.25, -0.2) is 9.67 Å². The maximum absolute atomic E-state index is 12.7. The Bertz CT molecular complexity index is 972. The number of imidazole rings is 1.